The first-order chi connectivity index (χ1) is 47.4. The highest BCUT2D eigenvalue weighted by Crippen LogP contribution is 2.48. The second-order valence-corrected chi connectivity index (χ2v) is 32.0. The Labute approximate surface area is 579 Å². The van der Waals surface area contributed by atoms with Crippen LogP contribution in [0.4, 0.5) is 9.59 Å². The van der Waals surface area contributed by atoms with Gasteiger partial charge in [-0.1, -0.05) is 200 Å². The standard InChI is InChI=1S/C75H90N4O17SSi/c1-9-54-62(95-74(97)79-39-38-76-44-79)46(4)59(77-72(82)84-42-48-26-16-11-17-27-48)69(88-54)92-61-45(3)40-51-41-58(81)91-63(51)67(61)94-71-68(96-98(75(6,7)8,52-32-22-14-23-33-52)53-34-24-15-25-35-53)64(55(10-2)89-71)93-70-60(78-73(83)85-43-49-28-18-12-19-29-49)66(86-47(5)80)65-57(90-70)37-36-56(87-65)50-30-20-13-21-31-50/h11-35,38-39,44-46,51,54-57,59-71H,9-10,36-37,40-43H2,1-8H3,(H,77,82)(H,78,83)/t45-,46-,51-,54+,55+,56?,57-,59+,60+,61+,62-,63-,64+,65+,66+,67-,68+,69+,70+,71-/m0/s1. The van der Waals surface area contributed by atoms with E-state index in [4.69, 9.17) is 73.5 Å². The SMILES string of the molecule is CC[C@H]1O[C@H](O[C@H]2[C@H](O[C@@H]3O[C@H](CC)[C@@H](O[C@H]4O[C@H]5CCC(c6ccccc6)O[C@H]5[C@H](OC(C)=O)[C@H]4NC(=O)OCc4ccccc4)[C@H]3O[Si](c3ccccc3)(c3ccccc3)C(C)(C)C)[C@H]3OC(=O)C[C@@H]3C[C@@H]2C)[C@H](NC(=O)OCc2ccccc2)[C@H](C)[C@@H]1OC(=S)n1ccnc1. The van der Waals surface area contributed by atoms with E-state index >= 15 is 0 Å². The van der Waals surface area contributed by atoms with Crippen LogP contribution in [0.5, 0.6) is 0 Å². The average molecular weight is 1380 g/mol. The van der Waals surface area contributed by atoms with Crippen molar-refractivity contribution < 1.29 is 80.4 Å². The highest BCUT2D eigenvalue weighted by atomic mass is 32.1. The van der Waals surface area contributed by atoms with E-state index in [1.165, 1.54) is 6.92 Å². The second-order valence-electron chi connectivity index (χ2n) is 27.4. The number of ether oxygens (including phenoxy) is 12. The van der Waals surface area contributed by atoms with E-state index in [-0.39, 0.29) is 48.7 Å². The molecule has 1 unspecified atom stereocenters. The van der Waals surface area contributed by atoms with Crippen molar-refractivity contribution in [2.24, 2.45) is 17.8 Å². The Balaban J connectivity index is 0.935. The van der Waals surface area contributed by atoms with Gasteiger partial charge in [-0.2, -0.15) is 0 Å². The van der Waals surface area contributed by atoms with Gasteiger partial charge in [0.05, 0.1) is 43.0 Å². The zero-order valence-electron chi connectivity index (χ0n) is 56.6. The van der Waals surface area contributed by atoms with Gasteiger partial charge in [-0.15, -0.1) is 0 Å². The normalized spacial score (nSPS) is 31.5. The number of alkyl carbamates (subject to hydrolysis) is 2. The Morgan fingerprint density at radius 3 is 1.73 bits per heavy atom. The molecule has 0 spiro atoms. The maximum absolute atomic E-state index is 14.5. The first-order valence-electron chi connectivity index (χ1n) is 34.3. The number of benzene rings is 5. The van der Waals surface area contributed by atoms with Crippen LogP contribution in [0.3, 0.4) is 0 Å². The molecule has 23 heteroatoms. The number of fused-ring (bicyclic) bond motifs is 2. The Morgan fingerprint density at radius 2 is 1.16 bits per heavy atom. The van der Waals surface area contributed by atoms with Gasteiger partial charge < -0.3 is 71.9 Å². The Bertz CT molecular complexity index is 3560. The molecular formula is C75H90N4O17SSi. The average Bonchev–Trinajstić information content (AvgIpc) is 1.33. The summed E-state index contributed by atoms with van der Waals surface area (Å²) < 4.78 is 92.0. The summed E-state index contributed by atoms with van der Waals surface area (Å²) in [6.07, 6.45) is -8.20. The lowest BCUT2D eigenvalue weighted by molar-refractivity contribution is -0.312. The number of nitrogens with zero attached hydrogens (tertiary/aromatic N) is 2. The van der Waals surface area contributed by atoms with E-state index in [0.29, 0.717) is 32.1 Å². The zero-order chi connectivity index (χ0) is 68.7. The molecule has 5 aliphatic heterocycles. The molecule has 5 aromatic carbocycles. The van der Waals surface area contributed by atoms with Crippen molar-refractivity contribution in [2.45, 2.75) is 216 Å². The second kappa shape index (κ2) is 31.4. The van der Waals surface area contributed by atoms with Crippen molar-refractivity contribution in [1.29, 1.82) is 0 Å². The van der Waals surface area contributed by atoms with Crippen LogP contribution >= 0.6 is 12.2 Å². The Morgan fingerprint density at radius 1 is 0.622 bits per heavy atom. The number of amides is 2. The molecule has 5 saturated heterocycles. The summed E-state index contributed by atoms with van der Waals surface area (Å²) in [6.45, 7) is 15.7. The minimum Gasteiger partial charge on any atom is -0.464 e. The number of hydrogen-bond donors (Lipinski definition) is 2. The molecule has 12 rings (SSSR count). The number of rotatable bonds is 21. The van der Waals surface area contributed by atoms with Crippen LogP contribution in [-0.2, 0) is 84.1 Å². The first kappa shape index (κ1) is 70.4. The molecule has 20 atom stereocenters. The molecule has 6 aliphatic rings. The lowest BCUT2D eigenvalue weighted by Crippen LogP contribution is -2.70. The Hall–Kier alpha value is -7.42. The number of esters is 2. The summed E-state index contributed by atoms with van der Waals surface area (Å²) in [5.74, 6) is -2.12. The third-order valence-corrected chi connectivity index (χ3v) is 25.2. The number of hydrogen-bond acceptors (Lipinski definition) is 19. The fourth-order valence-corrected chi connectivity index (χ4v) is 20.0. The van der Waals surface area contributed by atoms with Crippen LogP contribution in [0, 0.1) is 17.8 Å². The van der Waals surface area contributed by atoms with E-state index < -0.39 is 136 Å². The van der Waals surface area contributed by atoms with Gasteiger partial charge in [-0.25, -0.2) is 14.6 Å². The number of nitrogens with one attached hydrogen (secondary N) is 2. The lowest BCUT2D eigenvalue weighted by atomic mass is 9.76. The molecule has 0 bridgehead atoms. The molecule has 21 nitrogen and oxygen atoms in total. The predicted molar refractivity (Wildman–Crippen MR) is 366 cm³/mol. The largest absolute Gasteiger partial charge is 0.464 e. The highest BCUT2D eigenvalue weighted by molar-refractivity contribution is 7.80. The number of thiocarbonyl (C=S) groups is 1. The summed E-state index contributed by atoms with van der Waals surface area (Å²) in [7, 11) is -3.65. The third kappa shape index (κ3) is 15.6. The fraction of sp³-hybridized carbons (Fsp3) is 0.493. The maximum Gasteiger partial charge on any atom is 0.407 e. The van der Waals surface area contributed by atoms with Crippen LogP contribution in [0.2, 0.25) is 5.04 Å². The van der Waals surface area contributed by atoms with Crippen molar-refractivity contribution in [1.82, 2.24) is 20.2 Å². The van der Waals surface area contributed by atoms with Gasteiger partial charge in [0.1, 0.15) is 62.2 Å². The van der Waals surface area contributed by atoms with Crippen LogP contribution in [0.25, 0.3) is 0 Å². The minimum absolute atomic E-state index is 0.00279. The molecule has 522 valence electrons. The van der Waals surface area contributed by atoms with Gasteiger partial charge in [0.15, 0.2) is 25.0 Å². The number of aromatic nitrogens is 2. The van der Waals surface area contributed by atoms with Crippen molar-refractivity contribution in [3.8, 4) is 0 Å². The number of carbonyl (C=O) groups excluding carboxylic acids is 4. The van der Waals surface area contributed by atoms with Gasteiger partial charge in [0.2, 0.25) is 0 Å². The third-order valence-electron chi connectivity index (χ3n) is 19.9. The molecule has 0 radical (unpaired) electrons. The van der Waals surface area contributed by atoms with E-state index in [0.717, 1.165) is 27.1 Å². The lowest BCUT2D eigenvalue weighted by Gasteiger charge is -2.50. The highest BCUT2D eigenvalue weighted by Gasteiger charge is 2.62. The summed E-state index contributed by atoms with van der Waals surface area (Å²) in [5, 5.41) is 7.59. The van der Waals surface area contributed by atoms with Gasteiger partial charge in [-0.05, 0) is 82.3 Å². The quantitative estimate of drug-likeness (QED) is 0.0295. The van der Waals surface area contributed by atoms with Crippen molar-refractivity contribution in [3.05, 3.63) is 187 Å². The molecule has 1 aromatic heterocycles. The summed E-state index contributed by atoms with van der Waals surface area (Å²) in [5.41, 5.74) is 2.48. The molecule has 6 aromatic rings. The van der Waals surface area contributed by atoms with Gasteiger partial charge in [0, 0.05) is 31.2 Å². The molecule has 98 heavy (non-hydrogen) atoms. The fourth-order valence-electron chi connectivity index (χ4n) is 15.1. The Kier molecular flexibility index (Phi) is 22.6. The number of carbonyl (C=O) groups is 4. The predicted octanol–water partition coefficient (Wildman–Crippen LogP) is 10.5. The molecule has 1 aliphatic carbocycles. The minimum atomic E-state index is -3.65. The van der Waals surface area contributed by atoms with Crippen LogP contribution in [0.15, 0.2) is 170 Å². The van der Waals surface area contributed by atoms with E-state index in [2.05, 4.69) is 60.7 Å². The first-order valence-corrected chi connectivity index (χ1v) is 36.6. The summed E-state index contributed by atoms with van der Waals surface area (Å²) in [4.78, 5) is 60.2. The van der Waals surface area contributed by atoms with E-state index in [1.54, 1.807) is 23.3 Å². The van der Waals surface area contributed by atoms with Crippen LogP contribution in [0.1, 0.15) is 117 Å². The van der Waals surface area contributed by atoms with Crippen molar-refractivity contribution in [3.63, 3.8) is 0 Å². The van der Waals surface area contributed by atoms with Crippen LogP contribution < -0.4 is 21.0 Å². The monoisotopic (exact) mass is 1380 g/mol. The van der Waals surface area contributed by atoms with Crippen molar-refractivity contribution >= 4 is 60.2 Å². The maximum atomic E-state index is 14.5. The molecule has 2 N–H and O–H groups in total. The molecule has 6 heterocycles. The zero-order valence-corrected chi connectivity index (χ0v) is 58.4. The van der Waals surface area contributed by atoms with Gasteiger partial charge in [-0.3, -0.25) is 14.2 Å². The van der Waals surface area contributed by atoms with E-state index in [1.807, 2.05) is 155 Å². The smallest absolute Gasteiger partial charge is 0.407 e. The molecule has 2 amide bonds. The molecule has 1 saturated carbocycles. The topological polar surface area (TPSA) is 230 Å². The molecular weight excluding hydrogens is 1290 g/mol. The van der Waals surface area contributed by atoms with Gasteiger partial charge in [0.25, 0.3) is 13.5 Å². The van der Waals surface area contributed by atoms with Crippen LogP contribution in [-0.4, -0.2) is 145 Å². The van der Waals surface area contributed by atoms with Gasteiger partial charge >= 0.3 is 24.1 Å². The number of imidazole rings is 1. The summed E-state index contributed by atoms with van der Waals surface area (Å²) >= 11 is 5.81. The molecule has 6 fully saturated rings. The summed E-state index contributed by atoms with van der Waals surface area (Å²) in [6, 6.07) is 46.7. The van der Waals surface area contributed by atoms with E-state index in [9.17, 15) is 19.2 Å². The van der Waals surface area contributed by atoms with Crippen molar-refractivity contribution in [2.75, 3.05) is 0 Å².